The predicted octanol–water partition coefficient (Wildman–Crippen LogP) is 2.41. The minimum Gasteiger partial charge on any atom is -0.477 e. The topological polar surface area (TPSA) is 52.6 Å². The van der Waals surface area contributed by atoms with Gasteiger partial charge in [0.25, 0.3) is 0 Å². The number of rotatable bonds is 7. The van der Waals surface area contributed by atoms with Crippen molar-refractivity contribution in [3.63, 3.8) is 0 Å². The van der Waals surface area contributed by atoms with Crippen molar-refractivity contribution in [2.75, 3.05) is 20.1 Å². The molecule has 1 aliphatic rings. The third-order valence-corrected chi connectivity index (χ3v) is 4.83. The number of thiophene rings is 1. The summed E-state index contributed by atoms with van der Waals surface area (Å²) in [6.07, 6.45) is 5.41. The zero-order chi connectivity index (χ0) is 13.7. The van der Waals surface area contributed by atoms with Gasteiger partial charge < -0.3 is 15.3 Å². The summed E-state index contributed by atoms with van der Waals surface area (Å²) < 4.78 is 0. The average Bonchev–Trinajstić information content (AvgIpc) is 3.05. The van der Waals surface area contributed by atoms with E-state index in [0.717, 1.165) is 30.6 Å². The van der Waals surface area contributed by atoms with Gasteiger partial charge in [0.05, 0.1) is 0 Å². The van der Waals surface area contributed by atoms with Gasteiger partial charge in [0.2, 0.25) is 0 Å². The van der Waals surface area contributed by atoms with Crippen molar-refractivity contribution in [1.29, 1.82) is 0 Å². The molecular weight excluding hydrogens is 260 g/mol. The molecule has 4 nitrogen and oxygen atoms in total. The molecule has 106 valence electrons. The third kappa shape index (κ3) is 4.30. The lowest BCUT2D eigenvalue weighted by Gasteiger charge is -2.23. The highest BCUT2D eigenvalue weighted by Crippen LogP contribution is 2.21. The van der Waals surface area contributed by atoms with Crippen LogP contribution in [0.4, 0.5) is 0 Å². The molecule has 1 aromatic rings. The van der Waals surface area contributed by atoms with Gasteiger partial charge in [-0.2, -0.15) is 0 Å². The van der Waals surface area contributed by atoms with Gasteiger partial charge in [0, 0.05) is 30.6 Å². The number of nitrogens with one attached hydrogen (secondary N) is 1. The summed E-state index contributed by atoms with van der Waals surface area (Å²) in [5.74, 6) is -0.836. The summed E-state index contributed by atoms with van der Waals surface area (Å²) in [7, 11) is 2.20. The number of likely N-dealkylation sites (N-methyl/N-ethyl adjacent to an activating group) is 1. The van der Waals surface area contributed by atoms with Gasteiger partial charge in [0.1, 0.15) is 4.88 Å². The van der Waals surface area contributed by atoms with E-state index in [2.05, 4.69) is 17.3 Å². The molecule has 1 aliphatic carbocycles. The number of aromatic carboxylic acids is 1. The Hall–Kier alpha value is -0.910. The molecule has 19 heavy (non-hydrogen) atoms. The van der Waals surface area contributed by atoms with Crippen molar-refractivity contribution in [2.45, 2.75) is 38.3 Å². The van der Waals surface area contributed by atoms with Crippen LogP contribution in [-0.4, -0.2) is 42.2 Å². The SMILES string of the molecule is CN(CCNCc1ccc(C(=O)O)s1)C1CCCC1. The molecule has 0 bridgehead atoms. The summed E-state index contributed by atoms with van der Waals surface area (Å²) in [6.45, 7) is 2.77. The number of nitrogens with zero attached hydrogens (tertiary/aromatic N) is 1. The highest BCUT2D eigenvalue weighted by atomic mass is 32.1. The van der Waals surface area contributed by atoms with Crippen molar-refractivity contribution in [3.8, 4) is 0 Å². The highest BCUT2D eigenvalue weighted by Gasteiger charge is 2.18. The van der Waals surface area contributed by atoms with E-state index in [4.69, 9.17) is 5.11 Å². The number of carbonyl (C=O) groups is 1. The minimum atomic E-state index is -0.836. The highest BCUT2D eigenvalue weighted by molar-refractivity contribution is 7.13. The van der Waals surface area contributed by atoms with Gasteiger partial charge in [0.15, 0.2) is 0 Å². The fourth-order valence-corrected chi connectivity index (χ4v) is 3.40. The smallest absolute Gasteiger partial charge is 0.345 e. The largest absolute Gasteiger partial charge is 0.477 e. The number of carboxylic acids is 1. The molecule has 0 spiro atoms. The van der Waals surface area contributed by atoms with Crippen molar-refractivity contribution in [1.82, 2.24) is 10.2 Å². The predicted molar refractivity (Wildman–Crippen MR) is 77.9 cm³/mol. The molecule has 2 N–H and O–H groups in total. The summed E-state index contributed by atoms with van der Waals surface area (Å²) in [6, 6.07) is 4.33. The molecule has 2 rings (SSSR count). The van der Waals surface area contributed by atoms with E-state index in [1.165, 1.54) is 37.0 Å². The van der Waals surface area contributed by atoms with Crippen LogP contribution in [-0.2, 0) is 6.54 Å². The van der Waals surface area contributed by atoms with Crippen LogP contribution in [0.15, 0.2) is 12.1 Å². The molecule has 0 aliphatic heterocycles. The Balaban J connectivity index is 1.64. The Bertz CT molecular complexity index is 413. The van der Waals surface area contributed by atoms with Gasteiger partial charge >= 0.3 is 5.97 Å². The van der Waals surface area contributed by atoms with E-state index in [-0.39, 0.29) is 0 Å². The minimum absolute atomic E-state index is 0.417. The first-order chi connectivity index (χ1) is 9.16. The summed E-state index contributed by atoms with van der Waals surface area (Å²) >= 11 is 1.35. The molecule has 0 saturated heterocycles. The number of carboxylic acid groups (broad SMARTS) is 1. The summed E-state index contributed by atoms with van der Waals surface area (Å²) in [5.41, 5.74) is 0. The first-order valence-electron chi connectivity index (χ1n) is 6.90. The van der Waals surface area contributed by atoms with E-state index in [0.29, 0.717) is 4.88 Å². The molecule has 1 heterocycles. The second kappa shape index (κ2) is 7.03. The monoisotopic (exact) mass is 282 g/mol. The Labute approximate surface area is 118 Å². The Kier molecular flexibility index (Phi) is 5.36. The molecule has 1 aromatic heterocycles. The fraction of sp³-hybridized carbons (Fsp3) is 0.643. The van der Waals surface area contributed by atoms with E-state index in [1.807, 2.05) is 6.07 Å². The van der Waals surface area contributed by atoms with Crippen molar-refractivity contribution < 1.29 is 9.90 Å². The van der Waals surface area contributed by atoms with Crippen LogP contribution in [0, 0.1) is 0 Å². The second-order valence-electron chi connectivity index (χ2n) is 5.17. The van der Waals surface area contributed by atoms with Crippen molar-refractivity contribution >= 4 is 17.3 Å². The zero-order valence-electron chi connectivity index (χ0n) is 11.4. The molecule has 0 amide bonds. The molecule has 1 fully saturated rings. The maximum Gasteiger partial charge on any atom is 0.345 e. The van der Waals surface area contributed by atoms with Gasteiger partial charge in [-0.1, -0.05) is 12.8 Å². The lowest BCUT2D eigenvalue weighted by atomic mass is 10.2. The number of hydrogen-bond donors (Lipinski definition) is 2. The molecule has 5 heteroatoms. The standard InChI is InChI=1S/C14H22N2O2S/c1-16(11-4-2-3-5-11)9-8-15-10-12-6-7-13(19-12)14(17)18/h6-7,11,15H,2-5,8-10H2,1H3,(H,17,18). The first kappa shape index (κ1) is 14.5. The average molecular weight is 282 g/mol. The van der Waals surface area contributed by atoms with Crippen LogP contribution in [0.5, 0.6) is 0 Å². The molecule has 1 saturated carbocycles. The Morgan fingerprint density at radius 3 is 2.84 bits per heavy atom. The zero-order valence-corrected chi connectivity index (χ0v) is 12.2. The van der Waals surface area contributed by atoms with Gasteiger partial charge in [-0.15, -0.1) is 11.3 Å². The van der Waals surface area contributed by atoms with Crippen LogP contribution >= 0.6 is 11.3 Å². The van der Waals surface area contributed by atoms with Crippen LogP contribution in [0.25, 0.3) is 0 Å². The first-order valence-corrected chi connectivity index (χ1v) is 7.71. The quantitative estimate of drug-likeness (QED) is 0.754. The lowest BCUT2D eigenvalue weighted by Crippen LogP contribution is -2.35. The Morgan fingerprint density at radius 2 is 2.21 bits per heavy atom. The van der Waals surface area contributed by atoms with E-state index in [9.17, 15) is 4.79 Å². The molecule has 0 radical (unpaired) electrons. The van der Waals surface area contributed by atoms with Gasteiger partial charge in [-0.3, -0.25) is 0 Å². The summed E-state index contributed by atoms with van der Waals surface area (Å²) in [4.78, 5) is 14.7. The molecule has 0 unspecified atom stereocenters. The molecule has 0 aromatic carbocycles. The van der Waals surface area contributed by atoms with E-state index < -0.39 is 5.97 Å². The maximum atomic E-state index is 10.8. The number of hydrogen-bond acceptors (Lipinski definition) is 4. The molecular formula is C14H22N2O2S. The van der Waals surface area contributed by atoms with Crippen LogP contribution < -0.4 is 5.32 Å². The Morgan fingerprint density at radius 1 is 1.47 bits per heavy atom. The van der Waals surface area contributed by atoms with Crippen LogP contribution in [0.1, 0.15) is 40.2 Å². The second-order valence-corrected chi connectivity index (χ2v) is 6.34. The van der Waals surface area contributed by atoms with Crippen molar-refractivity contribution in [2.24, 2.45) is 0 Å². The van der Waals surface area contributed by atoms with Crippen LogP contribution in [0.2, 0.25) is 0 Å². The lowest BCUT2D eigenvalue weighted by molar-refractivity contribution is 0.0702. The van der Waals surface area contributed by atoms with Gasteiger partial charge in [-0.05, 0) is 32.0 Å². The van der Waals surface area contributed by atoms with Crippen LogP contribution in [0.3, 0.4) is 0 Å². The third-order valence-electron chi connectivity index (χ3n) is 3.76. The molecule has 0 atom stereocenters. The van der Waals surface area contributed by atoms with Crippen molar-refractivity contribution in [3.05, 3.63) is 21.9 Å². The van der Waals surface area contributed by atoms with E-state index in [1.54, 1.807) is 6.07 Å². The normalized spacial score (nSPS) is 16.3. The van der Waals surface area contributed by atoms with Gasteiger partial charge in [-0.25, -0.2) is 4.79 Å². The maximum absolute atomic E-state index is 10.8. The fourth-order valence-electron chi connectivity index (χ4n) is 2.58. The summed E-state index contributed by atoms with van der Waals surface area (Å²) in [5, 5.41) is 12.2. The van der Waals surface area contributed by atoms with E-state index >= 15 is 0 Å².